The number of methoxy groups -OCH3 is 1. The quantitative estimate of drug-likeness (QED) is 0.598. The van der Waals surface area contributed by atoms with E-state index in [2.05, 4.69) is 14.9 Å². The van der Waals surface area contributed by atoms with E-state index in [1.165, 1.54) is 11.8 Å². The van der Waals surface area contributed by atoms with Crippen LogP contribution in [0.1, 0.15) is 33.6 Å². The smallest absolute Gasteiger partial charge is 0.410 e. The lowest BCUT2D eigenvalue weighted by Gasteiger charge is -2.38. The van der Waals surface area contributed by atoms with E-state index >= 15 is 0 Å². The van der Waals surface area contributed by atoms with E-state index in [1.807, 2.05) is 33.1 Å². The Morgan fingerprint density at radius 2 is 2.12 bits per heavy atom. The summed E-state index contributed by atoms with van der Waals surface area (Å²) in [5.41, 5.74) is -0.493. The Hall–Kier alpha value is -1.70. The predicted octanol–water partition coefficient (Wildman–Crippen LogP) is 3.04. The lowest BCUT2D eigenvalue weighted by molar-refractivity contribution is 0.0209. The van der Waals surface area contributed by atoms with Gasteiger partial charge >= 0.3 is 6.09 Å². The van der Waals surface area contributed by atoms with Gasteiger partial charge in [-0.05, 0) is 39.9 Å². The van der Waals surface area contributed by atoms with Crippen molar-refractivity contribution in [2.24, 2.45) is 0 Å². The molecule has 1 aromatic heterocycles. The number of carbonyl (C=O) groups excluding carboxylic acids is 1. The normalized spacial score (nSPS) is 18.0. The van der Waals surface area contributed by atoms with Gasteiger partial charge in [0.25, 0.3) is 0 Å². The van der Waals surface area contributed by atoms with Crippen LogP contribution in [0.25, 0.3) is 0 Å². The SMILES string of the molecule is COc1cc(N2CCCC(N(C)C(=O)OC(C)(C)C)C2)nc(SC)n1. The van der Waals surface area contributed by atoms with Crippen molar-refractivity contribution >= 4 is 23.7 Å². The summed E-state index contributed by atoms with van der Waals surface area (Å²) in [4.78, 5) is 25.1. The number of thioether (sulfide) groups is 1. The molecule has 1 saturated heterocycles. The minimum Gasteiger partial charge on any atom is -0.481 e. The molecule has 0 aromatic carbocycles. The maximum atomic E-state index is 12.3. The second-order valence-electron chi connectivity index (χ2n) is 7.09. The number of hydrogen-bond donors (Lipinski definition) is 0. The van der Waals surface area contributed by atoms with E-state index in [4.69, 9.17) is 9.47 Å². The predicted molar refractivity (Wildman–Crippen MR) is 99.6 cm³/mol. The zero-order valence-corrected chi connectivity index (χ0v) is 16.7. The monoisotopic (exact) mass is 368 g/mol. The molecule has 0 spiro atoms. The summed E-state index contributed by atoms with van der Waals surface area (Å²) in [7, 11) is 3.40. The van der Waals surface area contributed by atoms with Gasteiger partial charge in [0.2, 0.25) is 5.88 Å². The fourth-order valence-corrected chi connectivity index (χ4v) is 3.08. The number of carbonyl (C=O) groups is 1. The Balaban J connectivity index is 2.11. The molecule has 0 N–H and O–H groups in total. The first-order valence-electron chi connectivity index (χ1n) is 8.41. The second kappa shape index (κ2) is 8.12. The fraction of sp³-hybridized carbons (Fsp3) is 0.706. The molecule has 8 heteroatoms. The molecule has 1 aromatic rings. The third-order valence-corrected chi connectivity index (χ3v) is 4.56. The molecule has 1 fully saturated rings. The van der Waals surface area contributed by atoms with Crippen LogP contribution in [0.4, 0.5) is 10.6 Å². The van der Waals surface area contributed by atoms with Crippen molar-refractivity contribution in [3.63, 3.8) is 0 Å². The second-order valence-corrected chi connectivity index (χ2v) is 7.86. The van der Waals surface area contributed by atoms with E-state index in [0.29, 0.717) is 17.6 Å². The van der Waals surface area contributed by atoms with Crippen LogP contribution in [0.2, 0.25) is 0 Å². The van der Waals surface area contributed by atoms with E-state index < -0.39 is 5.60 Å². The van der Waals surface area contributed by atoms with Crippen molar-refractivity contribution in [2.75, 3.05) is 38.4 Å². The minimum atomic E-state index is -0.493. The fourth-order valence-electron chi connectivity index (χ4n) is 2.71. The molecule has 1 unspecified atom stereocenters. The average molecular weight is 369 g/mol. The van der Waals surface area contributed by atoms with Crippen LogP contribution in [0, 0.1) is 0 Å². The molecule has 0 saturated carbocycles. The van der Waals surface area contributed by atoms with E-state index in [-0.39, 0.29) is 12.1 Å². The van der Waals surface area contributed by atoms with Crippen LogP contribution < -0.4 is 9.64 Å². The molecular weight excluding hydrogens is 340 g/mol. The molecule has 1 atom stereocenters. The van der Waals surface area contributed by atoms with E-state index in [9.17, 15) is 4.79 Å². The summed E-state index contributed by atoms with van der Waals surface area (Å²) >= 11 is 1.48. The number of hydrogen-bond acceptors (Lipinski definition) is 7. The third-order valence-electron chi connectivity index (χ3n) is 4.01. The van der Waals surface area contributed by atoms with Crippen molar-refractivity contribution in [3.8, 4) is 5.88 Å². The number of aromatic nitrogens is 2. The highest BCUT2D eigenvalue weighted by Gasteiger charge is 2.30. The molecule has 1 amide bonds. The van der Waals surface area contributed by atoms with Gasteiger partial charge < -0.3 is 19.3 Å². The summed E-state index contributed by atoms with van der Waals surface area (Å²) in [6, 6.07) is 1.93. The average Bonchev–Trinajstić information content (AvgIpc) is 2.59. The number of nitrogens with zero attached hydrogens (tertiary/aromatic N) is 4. The topological polar surface area (TPSA) is 67.8 Å². The number of amides is 1. The summed E-state index contributed by atoms with van der Waals surface area (Å²) in [5.74, 6) is 1.38. The van der Waals surface area contributed by atoms with Crippen molar-refractivity contribution in [2.45, 2.75) is 50.4 Å². The van der Waals surface area contributed by atoms with Crippen LogP contribution in [0.15, 0.2) is 11.2 Å². The van der Waals surface area contributed by atoms with Crippen LogP contribution in [-0.4, -0.2) is 66.1 Å². The number of ether oxygens (including phenoxy) is 2. The lowest BCUT2D eigenvalue weighted by atomic mass is 10.0. The molecule has 0 bridgehead atoms. The molecule has 2 rings (SSSR count). The third kappa shape index (κ3) is 5.39. The number of anilines is 1. The van der Waals surface area contributed by atoms with Crippen molar-refractivity contribution < 1.29 is 14.3 Å². The highest BCUT2D eigenvalue weighted by Crippen LogP contribution is 2.26. The highest BCUT2D eigenvalue weighted by atomic mass is 32.2. The first-order valence-corrected chi connectivity index (χ1v) is 9.64. The Morgan fingerprint density at radius 1 is 1.40 bits per heavy atom. The molecule has 1 aliphatic rings. The molecule has 1 aliphatic heterocycles. The Labute approximate surface area is 154 Å². The molecular formula is C17H28N4O3S. The van der Waals surface area contributed by atoms with Gasteiger partial charge in [-0.1, -0.05) is 11.8 Å². The number of piperidine rings is 1. The van der Waals surface area contributed by atoms with Gasteiger partial charge in [-0.2, -0.15) is 4.98 Å². The van der Waals surface area contributed by atoms with Crippen LogP contribution in [0.3, 0.4) is 0 Å². The molecule has 0 aliphatic carbocycles. The van der Waals surface area contributed by atoms with Gasteiger partial charge in [0.15, 0.2) is 5.16 Å². The Bertz CT molecular complexity index is 584. The largest absolute Gasteiger partial charge is 0.481 e. The van der Waals surface area contributed by atoms with Crippen molar-refractivity contribution in [1.29, 1.82) is 0 Å². The molecule has 0 radical (unpaired) electrons. The van der Waals surface area contributed by atoms with Crippen LogP contribution >= 0.6 is 11.8 Å². The highest BCUT2D eigenvalue weighted by molar-refractivity contribution is 7.98. The lowest BCUT2D eigenvalue weighted by Crippen LogP contribution is -2.50. The standard InChI is InChI=1S/C17H28N4O3S/c1-17(2,3)24-16(22)20(4)12-8-7-9-21(11-12)13-10-14(23-5)19-15(18-13)25-6/h10,12H,7-9,11H2,1-6H3. The van der Waals surface area contributed by atoms with Crippen LogP contribution in [0.5, 0.6) is 5.88 Å². The zero-order valence-electron chi connectivity index (χ0n) is 15.9. The number of rotatable bonds is 4. The molecule has 2 heterocycles. The van der Waals surface area contributed by atoms with Gasteiger partial charge in [-0.3, -0.25) is 0 Å². The van der Waals surface area contributed by atoms with Crippen molar-refractivity contribution in [1.82, 2.24) is 14.9 Å². The van der Waals surface area contributed by atoms with Gasteiger partial charge in [0.1, 0.15) is 11.4 Å². The maximum Gasteiger partial charge on any atom is 0.410 e. The zero-order chi connectivity index (χ0) is 18.6. The molecule has 25 heavy (non-hydrogen) atoms. The van der Waals surface area contributed by atoms with E-state index in [0.717, 1.165) is 25.2 Å². The summed E-state index contributed by atoms with van der Waals surface area (Å²) < 4.78 is 10.8. The number of likely N-dealkylation sites (N-methyl/N-ethyl adjacent to an activating group) is 1. The summed E-state index contributed by atoms with van der Waals surface area (Å²) in [6.07, 6.45) is 3.58. The summed E-state index contributed by atoms with van der Waals surface area (Å²) in [5, 5.41) is 0.678. The van der Waals surface area contributed by atoms with Gasteiger partial charge in [-0.15, -0.1) is 0 Å². The Morgan fingerprint density at radius 3 is 2.72 bits per heavy atom. The maximum absolute atomic E-state index is 12.3. The van der Waals surface area contributed by atoms with Crippen molar-refractivity contribution in [3.05, 3.63) is 6.07 Å². The van der Waals surface area contributed by atoms with E-state index in [1.54, 1.807) is 19.1 Å². The molecule has 7 nitrogen and oxygen atoms in total. The van der Waals surface area contributed by atoms with Gasteiger partial charge in [0.05, 0.1) is 13.2 Å². The van der Waals surface area contributed by atoms with Gasteiger partial charge in [-0.25, -0.2) is 9.78 Å². The minimum absolute atomic E-state index is 0.0855. The molecule has 140 valence electrons. The van der Waals surface area contributed by atoms with Crippen LogP contribution in [-0.2, 0) is 4.74 Å². The van der Waals surface area contributed by atoms with Gasteiger partial charge in [0, 0.05) is 26.2 Å². The first-order chi connectivity index (χ1) is 11.7. The summed E-state index contributed by atoms with van der Waals surface area (Å²) in [6.45, 7) is 7.24. The first kappa shape index (κ1) is 19.6. The Kier molecular flexibility index (Phi) is 6.37.